The molecule has 1 amide bonds. The van der Waals surface area contributed by atoms with Crippen molar-refractivity contribution >= 4 is 28.3 Å². The van der Waals surface area contributed by atoms with Crippen molar-refractivity contribution in [2.45, 2.75) is 39.5 Å². The predicted molar refractivity (Wildman–Crippen MR) is 66.6 cm³/mol. The minimum absolute atomic E-state index is 0.249. The molecule has 0 spiro atoms. The highest BCUT2D eigenvalue weighted by atomic mass is 32.1. The lowest BCUT2D eigenvalue weighted by Gasteiger charge is -2.06. The van der Waals surface area contributed by atoms with Gasteiger partial charge in [-0.2, -0.15) is 0 Å². The molecule has 0 atom stereocenters. The number of carboxylic acid groups (broad SMARTS) is 1. The summed E-state index contributed by atoms with van der Waals surface area (Å²) in [5.41, 5.74) is 0.922. The zero-order valence-corrected chi connectivity index (χ0v) is 11.1. The zero-order chi connectivity index (χ0) is 13.2. The molecule has 5 nitrogen and oxygen atoms in total. The van der Waals surface area contributed by atoms with E-state index in [1.54, 1.807) is 0 Å². The Morgan fingerprint density at radius 2 is 1.82 bits per heavy atom. The van der Waals surface area contributed by atoms with Crippen LogP contribution in [0.15, 0.2) is 0 Å². The quantitative estimate of drug-likeness (QED) is 0.814. The van der Waals surface area contributed by atoms with Gasteiger partial charge in [0, 0.05) is 4.88 Å². The minimum atomic E-state index is -1.50. The number of hydrogen-bond donors (Lipinski definition) is 2. The molecule has 17 heavy (non-hydrogen) atoms. The second kappa shape index (κ2) is 5.27. The van der Waals surface area contributed by atoms with Crippen LogP contribution in [0.4, 0.5) is 5.13 Å². The number of aliphatic carboxylic acids is 1. The molecule has 1 aromatic heterocycles. The highest BCUT2D eigenvalue weighted by Crippen LogP contribution is 2.33. The standard InChI is InChI=1S/C11H16N2O3S/c1-5(2)7-8(6(3)4)17-11(12-7)13-9(14)10(15)16/h5-6H,1-4H3,(H,15,16)(H,12,13,14). The van der Waals surface area contributed by atoms with Crippen LogP contribution in [-0.2, 0) is 9.59 Å². The molecule has 1 heterocycles. The molecule has 1 aromatic rings. The van der Waals surface area contributed by atoms with E-state index < -0.39 is 11.9 Å². The molecule has 0 radical (unpaired) electrons. The van der Waals surface area contributed by atoms with Crippen molar-refractivity contribution in [2.75, 3.05) is 5.32 Å². The highest BCUT2D eigenvalue weighted by molar-refractivity contribution is 7.16. The summed E-state index contributed by atoms with van der Waals surface area (Å²) >= 11 is 1.34. The van der Waals surface area contributed by atoms with Crippen LogP contribution >= 0.6 is 11.3 Å². The summed E-state index contributed by atoms with van der Waals surface area (Å²) in [6, 6.07) is 0. The summed E-state index contributed by atoms with van der Waals surface area (Å²) in [5, 5.41) is 11.1. The molecule has 6 heteroatoms. The van der Waals surface area contributed by atoms with Gasteiger partial charge in [-0.3, -0.25) is 10.1 Å². The first-order valence-electron chi connectivity index (χ1n) is 5.37. The first-order chi connectivity index (χ1) is 7.82. The van der Waals surface area contributed by atoms with E-state index in [1.165, 1.54) is 11.3 Å². The van der Waals surface area contributed by atoms with Crippen LogP contribution in [0, 0.1) is 0 Å². The molecule has 0 aliphatic rings. The average molecular weight is 256 g/mol. The Bertz CT molecular complexity index is 412. The third-order valence-corrected chi connectivity index (χ3v) is 3.45. The largest absolute Gasteiger partial charge is 0.474 e. The van der Waals surface area contributed by atoms with Crippen LogP contribution in [0.3, 0.4) is 0 Å². The van der Waals surface area contributed by atoms with E-state index in [-0.39, 0.29) is 5.92 Å². The van der Waals surface area contributed by atoms with E-state index in [2.05, 4.69) is 10.3 Å². The molecule has 94 valence electrons. The fourth-order valence-corrected chi connectivity index (χ4v) is 2.49. The summed E-state index contributed by atoms with van der Waals surface area (Å²) in [6.45, 7) is 8.12. The van der Waals surface area contributed by atoms with Gasteiger partial charge >= 0.3 is 11.9 Å². The van der Waals surface area contributed by atoms with Gasteiger partial charge in [0.25, 0.3) is 0 Å². The summed E-state index contributed by atoms with van der Waals surface area (Å²) in [4.78, 5) is 26.8. The van der Waals surface area contributed by atoms with Crippen molar-refractivity contribution in [3.63, 3.8) is 0 Å². The number of nitrogens with one attached hydrogen (secondary N) is 1. The molecular weight excluding hydrogens is 240 g/mol. The van der Waals surface area contributed by atoms with Crippen LogP contribution in [-0.4, -0.2) is 22.0 Å². The molecule has 0 unspecified atom stereocenters. The van der Waals surface area contributed by atoms with Gasteiger partial charge in [-0.05, 0) is 11.8 Å². The monoisotopic (exact) mass is 256 g/mol. The average Bonchev–Trinajstić information content (AvgIpc) is 2.61. The molecule has 0 bridgehead atoms. The number of anilines is 1. The summed E-state index contributed by atoms with van der Waals surface area (Å²) in [7, 11) is 0. The molecule has 0 saturated heterocycles. The van der Waals surface area contributed by atoms with Crippen molar-refractivity contribution in [2.24, 2.45) is 0 Å². The fraction of sp³-hybridized carbons (Fsp3) is 0.545. The van der Waals surface area contributed by atoms with Gasteiger partial charge in [-0.1, -0.05) is 27.7 Å². The minimum Gasteiger partial charge on any atom is -0.474 e. The Kier molecular flexibility index (Phi) is 4.22. The van der Waals surface area contributed by atoms with E-state index in [0.717, 1.165) is 10.6 Å². The molecular formula is C11H16N2O3S. The number of carbonyl (C=O) groups is 2. The van der Waals surface area contributed by atoms with Crippen molar-refractivity contribution in [1.29, 1.82) is 0 Å². The topological polar surface area (TPSA) is 79.3 Å². The third-order valence-electron chi connectivity index (χ3n) is 2.17. The molecule has 0 aliphatic heterocycles. The normalized spacial score (nSPS) is 10.9. The Hall–Kier alpha value is -1.43. The van der Waals surface area contributed by atoms with Crippen molar-refractivity contribution in [3.8, 4) is 0 Å². The lowest BCUT2D eigenvalue weighted by atomic mass is 10.0. The second-order valence-corrected chi connectivity index (χ2v) is 5.37. The van der Waals surface area contributed by atoms with Crippen LogP contribution in [0.5, 0.6) is 0 Å². The fourth-order valence-electron chi connectivity index (χ4n) is 1.38. The van der Waals surface area contributed by atoms with Gasteiger partial charge in [0.1, 0.15) is 0 Å². The number of amides is 1. The summed E-state index contributed by atoms with van der Waals surface area (Å²) in [5.74, 6) is -2.00. The van der Waals surface area contributed by atoms with Crippen molar-refractivity contribution < 1.29 is 14.7 Å². The molecule has 0 aromatic carbocycles. The summed E-state index contributed by atoms with van der Waals surface area (Å²) in [6.07, 6.45) is 0. The van der Waals surface area contributed by atoms with E-state index >= 15 is 0 Å². The van der Waals surface area contributed by atoms with E-state index in [1.807, 2.05) is 27.7 Å². The maximum Gasteiger partial charge on any atom is 0.394 e. The van der Waals surface area contributed by atoms with Gasteiger partial charge in [0.15, 0.2) is 5.13 Å². The first-order valence-corrected chi connectivity index (χ1v) is 6.19. The highest BCUT2D eigenvalue weighted by Gasteiger charge is 2.19. The Balaban J connectivity index is 3.00. The van der Waals surface area contributed by atoms with Gasteiger partial charge in [-0.25, -0.2) is 9.78 Å². The van der Waals surface area contributed by atoms with Crippen LogP contribution in [0.2, 0.25) is 0 Å². The Morgan fingerprint density at radius 1 is 1.24 bits per heavy atom. The number of carboxylic acids is 1. The Labute approximate surface area is 104 Å². The number of rotatable bonds is 3. The summed E-state index contributed by atoms with van der Waals surface area (Å²) < 4.78 is 0. The molecule has 0 saturated carbocycles. The van der Waals surface area contributed by atoms with Gasteiger partial charge in [0.2, 0.25) is 0 Å². The lowest BCUT2D eigenvalue weighted by molar-refractivity contribution is -0.147. The van der Waals surface area contributed by atoms with Crippen LogP contribution in [0.1, 0.15) is 50.1 Å². The molecule has 0 fully saturated rings. The maximum absolute atomic E-state index is 11.0. The number of carbonyl (C=O) groups excluding carboxylic acids is 1. The lowest BCUT2D eigenvalue weighted by Crippen LogP contribution is -2.21. The van der Waals surface area contributed by atoms with Crippen LogP contribution < -0.4 is 5.32 Å². The second-order valence-electron chi connectivity index (χ2n) is 4.34. The first kappa shape index (κ1) is 13.6. The smallest absolute Gasteiger partial charge is 0.394 e. The van der Waals surface area contributed by atoms with E-state index in [4.69, 9.17) is 5.11 Å². The molecule has 2 N–H and O–H groups in total. The van der Waals surface area contributed by atoms with E-state index in [0.29, 0.717) is 11.0 Å². The zero-order valence-electron chi connectivity index (χ0n) is 10.3. The number of thiazole rings is 1. The van der Waals surface area contributed by atoms with Gasteiger partial charge in [-0.15, -0.1) is 11.3 Å². The third kappa shape index (κ3) is 3.26. The predicted octanol–water partition coefficient (Wildman–Crippen LogP) is 2.41. The van der Waals surface area contributed by atoms with Crippen LogP contribution in [0.25, 0.3) is 0 Å². The number of nitrogens with zero attached hydrogens (tertiary/aromatic N) is 1. The molecule has 0 aliphatic carbocycles. The van der Waals surface area contributed by atoms with E-state index in [9.17, 15) is 9.59 Å². The SMILES string of the molecule is CC(C)c1nc(NC(=O)C(=O)O)sc1C(C)C. The Morgan fingerprint density at radius 3 is 2.18 bits per heavy atom. The number of aromatic nitrogens is 1. The van der Waals surface area contributed by atoms with Gasteiger partial charge < -0.3 is 5.11 Å². The molecule has 1 rings (SSSR count). The van der Waals surface area contributed by atoms with Crippen molar-refractivity contribution in [3.05, 3.63) is 10.6 Å². The number of hydrogen-bond acceptors (Lipinski definition) is 4. The van der Waals surface area contributed by atoms with Crippen molar-refractivity contribution in [1.82, 2.24) is 4.98 Å². The maximum atomic E-state index is 11.0. The van der Waals surface area contributed by atoms with Gasteiger partial charge in [0.05, 0.1) is 5.69 Å².